The maximum absolute atomic E-state index is 11.1. The molecule has 1 heterocycles. The molecule has 2 nitrogen and oxygen atoms in total. The Morgan fingerprint density at radius 2 is 1.62 bits per heavy atom. The minimum absolute atomic E-state index is 0.301. The largest absolute Gasteiger partial charge is 0.294 e. The van der Waals surface area contributed by atoms with Gasteiger partial charge in [-0.05, 0) is 24.1 Å². The lowest BCUT2D eigenvalue weighted by molar-refractivity contribution is 0.0994. The first kappa shape index (κ1) is 10.6. The topological polar surface area (TPSA) is 30.0 Å². The average Bonchev–Trinajstić information content (AvgIpc) is 2.75. The van der Waals surface area contributed by atoms with Gasteiger partial charge in [0.1, 0.15) is 0 Å². The zero-order chi connectivity index (χ0) is 11.2. The predicted molar refractivity (Wildman–Crippen MR) is 63.3 cm³/mol. The van der Waals surface area contributed by atoms with E-state index in [1.807, 2.05) is 42.5 Å². The molecular weight excluding hydrogens is 198 g/mol. The molecule has 16 heavy (non-hydrogen) atoms. The van der Waals surface area contributed by atoms with Crippen molar-refractivity contribution < 1.29 is 4.79 Å². The Morgan fingerprint density at radius 1 is 0.875 bits per heavy atom. The molecule has 0 amide bonds. The fraction of sp³-hybridized carbons (Fsp3) is 0.143. The molecule has 0 saturated heterocycles. The van der Waals surface area contributed by atoms with E-state index in [1.54, 1.807) is 12.4 Å². The van der Waals surface area contributed by atoms with E-state index in [-0.39, 0.29) is 0 Å². The van der Waals surface area contributed by atoms with Gasteiger partial charge < -0.3 is 0 Å². The molecule has 0 fully saturated rings. The van der Waals surface area contributed by atoms with E-state index in [1.165, 1.54) is 5.56 Å². The van der Waals surface area contributed by atoms with Gasteiger partial charge in [-0.2, -0.15) is 0 Å². The molecule has 3 rings (SSSR count). The summed E-state index contributed by atoms with van der Waals surface area (Å²) in [5.74, 6) is 0.301. The van der Waals surface area contributed by atoms with Crippen molar-refractivity contribution in [3.05, 3.63) is 66.0 Å². The van der Waals surface area contributed by atoms with Crippen LogP contribution in [0.2, 0.25) is 0 Å². The maximum atomic E-state index is 11.1. The van der Waals surface area contributed by atoms with Gasteiger partial charge in [-0.25, -0.2) is 0 Å². The van der Waals surface area contributed by atoms with E-state index < -0.39 is 0 Å². The number of fused-ring (bicyclic) bond motifs is 1. The van der Waals surface area contributed by atoms with Crippen molar-refractivity contribution >= 4 is 5.78 Å². The van der Waals surface area contributed by atoms with Crippen molar-refractivity contribution in [2.24, 2.45) is 0 Å². The number of Topliss-reactive ketones (excluding diaryl/α,β-unsaturated/α-hetero) is 1. The zero-order valence-corrected chi connectivity index (χ0v) is 8.97. The number of pyridine rings is 1. The van der Waals surface area contributed by atoms with Gasteiger partial charge in [-0.1, -0.05) is 30.3 Å². The van der Waals surface area contributed by atoms with Crippen LogP contribution in [0.5, 0.6) is 0 Å². The molecule has 1 aliphatic carbocycles. The van der Waals surface area contributed by atoms with Gasteiger partial charge in [0, 0.05) is 24.4 Å². The van der Waals surface area contributed by atoms with E-state index in [9.17, 15) is 4.79 Å². The smallest absolute Gasteiger partial charge is 0.163 e. The fourth-order valence-electron chi connectivity index (χ4n) is 1.71. The van der Waals surface area contributed by atoms with E-state index >= 15 is 0 Å². The summed E-state index contributed by atoms with van der Waals surface area (Å²) in [5, 5.41) is 0. The lowest BCUT2D eigenvalue weighted by atomic mass is 10.1. The number of hydrogen-bond acceptors (Lipinski definition) is 2. The lowest BCUT2D eigenvalue weighted by Crippen LogP contribution is -1.88. The van der Waals surface area contributed by atoms with Crippen molar-refractivity contribution in [3.63, 3.8) is 0 Å². The Labute approximate surface area is 95.0 Å². The number of ketones is 1. The third-order valence-electron chi connectivity index (χ3n) is 2.51. The number of nitrogens with zero attached hydrogens (tertiary/aromatic N) is 1. The molecule has 0 unspecified atom stereocenters. The Kier molecular flexibility index (Phi) is 3.44. The third kappa shape index (κ3) is 2.54. The van der Waals surface area contributed by atoms with Crippen molar-refractivity contribution in [1.82, 2.24) is 4.98 Å². The second kappa shape index (κ2) is 5.21. The normalized spacial score (nSPS) is 12.6. The molecule has 80 valence electrons. The van der Waals surface area contributed by atoms with Crippen molar-refractivity contribution in [3.8, 4) is 0 Å². The molecule has 1 aromatic heterocycles. The maximum Gasteiger partial charge on any atom is 0.163 e. The highest BCUT2D eigenvalue weighted by atomic mass is 16.1. The molecule has 0 spiro atoms. The van der Waals surface area contributed by atoms with Gasteiger partial charge in [-0.3, -0.25) is 9.78 Å². The second-order valence-corrected chi connectivity index (χ2v) is 3.60. The van der Waals surface area contributed by atoms with Crippen molar-refractivity contribution in [2.45, 2.75) is 12.8 Å². The second-order valence-electron chi connectivity index (χ2n) is 3.60. The summed E-state index contributed by atoms with van der Waals surface area (Å²) in [5.41, 5.74) is 2.15. The van der Waals surface area contributed by atoms with Crippen molar-refractivity contribution in [2.75, 3.05) is 0 Å². The lowest BCUT2D eigenvalue weighted by Gasteiger charge is -1.92. The van der Waals surface area contributed by atoms with E-state index in [0.29, 0.717) is 12.2 Å². The summed E-state index contributed by atoms with van der Waals surface area (Å²) >= 11 is 0. The Bertz CT molecular complexity index is 438. The van der Waals surface area contributed by atoms with E-state index in [0.717, 1.165) is 12.0 Å². The first-order valence-corrected chi connectivity index (χ1v) is 5.34. The summed E-state index contributed by atoms with van der Waals surface area (Å²) in [6.07, 6.45) is 5.15. The molecule has 2 aromatic rings. The average molecular weight is 211 g/mol. The molecule has 1 aliphatic rings. The van der Waals surface area contributed by atoms with Crippen LogP contribution in [0, 0.1) is 0 Å². The van der Waals surface area contributed by atoms with Gasteiger partial charge in [0.2, 0.25) is 0 Å². The van der Waals surface area contributed by atoms with Crippen LogP contribution in [0.3, 0.4) is 0 Å². The van der Waals surface area contributed by atoms with Gasteiger partial charge in [0.15, 0.2) is 5.78 Å². The Balaban J connectivity index is 0.000000138. The van der Waals surface area contributed by atoms with Crippen LogP contribution in [-0.4, -0.2) is 10.8 Å². The first-order chi connectivity index (χ1) is 7.88. The number of carbonyl (C=O) groups excluding carboxylic acids is 1. The van der Waals surface area contributed by atoms with Gasteiger partial charge >= 0.3 is 0 Å². The van der Waals surface area contributed by atoms with E-state index in [4.69, 9.17) is 0 Å². The van der Waals surface area contributed by atoms with Crippen LogP contribution in [-0.2, 0) is 6.42 Å². The number of rotatable bonds is 0. The Morgan fingerprint density at radius 3 is 2.19 bits per heavy atom. The van der Waals surface area contributed by atoms with Gasteiger partial charge in [0.25, 0.3) is 0 Å². The van der Waals surface area contributed by atoms with Crippen LogP contribution in [0.4, 0.5) is 0 Å². The predicted octanol–water partition coefficient (Wildman–Crippen LogP) is 2.90. The molecule has 0 saturated carbocycles. The van der Waals surface area contributed by atoms with Crippen LogP contribution < -0.4 is 0 Å². The fourth-order valence-corrected chi connectivity index (χ4v) is 1.71. The molecule has 0 atom stereocenters. The number of aryl methyl sites for hydroxylation is 1. The first-order valence-electron chi connectivity index (χ1n) is 5.34. The molecule has 2 heteroatoms. The quantitative estimate of drug-likeness (QED) is 0.670. The summed E-state index contributed by atoms with van der Waals surface area (Å²) in [6, 6.07) is 13.6. The molecule has 0 radical (unpaired) electrons. The molecule has 0 N–H and O–H groups in total. The monoisotopic (exact) mass is 211 g/mol. The van der Waals surface area contributed by atoms with Crippen LogP contribution in [0.1, 0.15) is 22.3 Å². The summed E-state index contributed by atoms with van der Waals surface area (Å²) in [4.78, 5) is 14.9. The van der Waals surface area contributed by atoms with Crippen molar-refractivity contribution in [1.29, 1.82) is 0 Å². The van der Waals surface area contributed by atoms with E-state index in [2.05, 4.69) is 4.98 Å². The van der Waals surface area contributed by atoms with Gasteiger partial charge in [-0.15, -0.1) is 0 Å². The molecule has 1 aromatic carbocycles. The number of aromatic nitrogens is 1. The number of hydrogen-bond donors (Lipinski definition) is 0. The standard InChI is InChI=1S/C9H8O.C5H5N/c10-9-6-5-7-3-1-2-4-8(7)9;1-2-4-6-5-3-1/h1-4H,5-6H2;1-5H. The highest BCUT2D eigenvalue weighted by Crippen LogP contribution is 2.20. The minimum atomic E-state index is 0.301. The van der Waals surface area contributed by atoms with Crippen LogP contribution in [0.25, 0.3) is 0 Å². The number of carbonyl (C=O) groups is 1. The summed E-state index contributed by atoms with van der Waals surface area (Å²) in [6.45, 7) is 0. The van der Waals surface area contributed by atoms with Crippen LogP contribution >= 0.6 is 0 Å². The highest BCUT2D eigenvalue weighted by molar-refractivity contribution is 6.00. The molecule has 0 aliphatic heterocycles. The molecular formula is C14H13NO. The summed E-state index contributed by atoms with van der Waals surface area (Å²) in [7, 11) is 0. The third-order valence-corrected chi connectivity index (χ3v) is 2.51. The Hall–Kier alpha value is -1.96. The SMILES string of the molecule is O=C1CCc2ccccc21.c1ccncc1. The number of benzene rings is 1. The van der Waals surface area contributed by atoms with Crippen LogP contribution in [0.15, 0.2) is 54.9 Å². The summed E-state index contributed by atoms with van der Waals surface area (Å²) < 4.78 is 0. The van der Waals surface area contributed by atoms with Gasteiger partial charge in [0.05, 0.1) is 0 Å². The minimum Gasteiger partial charge on any atom is -0.294 e. The highest BCUT2D eigenvalue weighted by Gasteiger charge is 2.17. The zero-order valence-electron chi connectivity index (χ0n) is 8.97. The molecule has 0 bridgehead atoms.